The lowest BCUT2D eigenvalue weighted by molar-refractivity contribution is -0.136. The first-order valence-electron chi connectivity index (χ1n) is 19.4. The number of benzene rings is 2. The molecule has 1 unspecified atom stereocenters. The molecule has 7 heterocycles. The van der Waals surface area contributed by atoms with Crippen LogP contribution in [0.3, 0.4) is 0 Å². The molecule has 0 aliphatic carbocycles. The second kappa shape index (κ2) is 13.9. The van der Waals surface area contributed by atoms with Crippen LogP contribution in [0.15, 0.2) is 41.3 Å². The number of aromatic nitrogens is 1. The third kappa shape index (κ3) is 6.38. The van der Waals surface area contributed by atoms with Gasteiger partial charge in [0.1, 0.15) is 29.8 Å². The van der Waals surface area contributed by atoms with Crippen LogP contribution in [0, 0.1) is 11.3 Å². The molecular formula is C41H49N7O7. The standard InChI is InChI=1S/C41H49N7O7/c1-44-21-30(37-36(40(44)52)42-10-13-55-37)27-14-33(53-2)31(34(15-27)54-3)22-46-18-25(19-46)17-45-11-8-41(9-12-45)23-47(24-41)28-5-4-26-20-48(39(51)29(26)16-28)32-6-7-35(49)43-38(32)50/h4-5,14-16,21,25,32,42H,6-13,17-20,22-24H2,1-3H3,(H,43,49,50). The first-order chi connectivity index (χ1) is 26.6. The van der Waals surface area contributed by atoms with Crippen molar-refractivity contribution in [3.8, 4) is 28.4 Å². The molecule has 14 heteroatoms. The minimum Gasteiger partial charge on any atom is -0.496 e. The molecule has 0 radical (unpaired) electrons. The number of methoxy groups -OCH3 is 2. The van der Waals surface area contributed by atoms with Gasteiger partial charge >= 0.3 is 0 Å². The summed E-state index contributed by atoms with van der Waals surface area (Å²) in [6.07, 6.45) is 4.79. The lowest BCUT2D eigenvalue weighted by atomic mass is 9.71. The molecule has 0 bridgehead atoms. The van der Waals surface area contributed by atoms with Gasteiger partial charge in [0.25, 0.3) is 11.5 Å². The highest BCUT2D eigenvalue weighted by molar-refractivity contribution is 6.05. The summed E-state index contributed by atoms with van der Waals surface area (Å²) >= 11 is 0. The minimum absolute atomic E-state index is 0.116. The van der Waals surface area contributed by atoms with E-state index in [1.165, 1.54) is 12.8 Å². The number of ether oxygens (including phenoxy) is 3. The van der Waals surface area contributed by atoms with Crippen LogP contribution in [0.2, 0.25) is 0 Å². The molecule has 3 amide bonds. The Labute approximate surface area is 320 Å². The van der Waals surface area contributed by atoms with Gasteiger partial charge in [-0.1, -0.05) is 6.07 Å². The van der Waals surface area contributed by atoms with E-state index in [-0.39, 0.29) is 29.7 Å². The van der Waals surface area contributed by atoms with Crippen molar-refractivity contribution < 1.29 is 28.6 Å². The molecule has 6 aliphatic rings. The molecule has 1 aromatic heterocycles. The number of fused-ring (bicyclic) bond motifs is 2. The summed E-state index contributed by atoms with van der Waals surface area (Å²) in [5.41, 5.74) is 6.07. The molecule has 4 saturated heterocycles. The number of nitrogens with one attached hydrogen (secondary N) is 2. The quantitative estimate of drug-likeness (QED) is 0.313. The zero-order chi connectivity index (χ0) is 38.0. The SMILES string of the molecule is COc1cc(-c2cn(C)c(=O)c3c2OCCN3)cc(OC)c1CN1CC(CN2CCC3(CC2)CN(c2ccc4c(c2)C(=O)N(C2CCC(=O)NC2=O)C4)C3)C1. The first kappa shape index (κ1) is 35.6. The summed E-state index contributed by atoms with van der Waals surface area (Å²) < 4.78 is 19.4. The number of pyridine rings is 1. The summed E-state index contributed by atoms with van der Waals surface area (Å²) in [6, 6.07) is 9.57. The Bertz CT molecular complexity index is 2090. The molecule has 0 saturated carbocycles. The van der Waals surface area contributed by atoms with Gasteiger partial charge in [-0.15, -0.1) is 0 Å². The number of carbonyl (C=O) groups is 3. The van der Waals surface area contributed by atoms with Crippen LogP contribution in [0.1, 0.15) is 47.2 Å². The van der Waals surface area contributed by atoms with Crippen LogP contribution in [0.4, 0.5) is 11.4 Å². The Morgan fingerprint density at radius 1 is 0.945 bits per heavy atom. The molecule has 3 aromatic rings. The molecule has 6 aliphatic heterocycles. The van der Waals surface area contributed by atoms with E-state index in [9.17, 15) is 19.2 Å². The van der Waals surface area contributed by atoms with Gasteiger partial charge in [-0.05, 0) is 73.7 Å². The van der Waals surface area contributed by atoms with Gasteiger partial charge < -0.3 is 38.8 Å². The fourth-order valence-electron chi connectivity index (χ4n) is 9.58. The molecule has 1 spiro atoms. The third-order valence-electron chi connectivity index (χ3n) is 12.7. The first-order valence-corrected chi connectivity index (χ1v) is 19.4. The van der Waals surface area contributed by atoms with E-state index in [4.69, 9.17) is 14.2 Å². The minimum atomic E-state index is -0.592. The van der Waals surface area contributed by atoms with Crippen molar-refractivity contribution in [3.05, 3.63) is 63.6 Å². The smallest absolute Gasteiger partial charge is 0.277 e. The highest BCUT2D eigenvalue weighted by Gasteiger charge is 2.46. The Morgan fingerprint density at radius 2 is 1.69 bits per heavy atom. The van der Waals surface area contributed by atoms with E-state index in [0.717, 1.165) is 91.8 Å². The molecule has 4 fully saturated rings. The van der Waals surface area contributed by atoms with Crippen molar-refractivity contribution in [3.63, 3.8) is 0 Å². The van der Waals surface area contributed by atoms with Crippen molar-refractivity contribution in [1.29, 1.82) is 0 Å². The number of anilines is 2. The fourth-order valence-corrected chi connectivity index (χ4v) is 9.58. The fraction of sp³-hybridized carbons (Fsp3) is 0.512. The van der Waals surface area contributed by atoms with Gasteiger partial charge in [-0.2, -0.15) is 0 Å². The van der Waals surface area contributed by atoms with Gasteiger partial charge in [0.2, 0.25) is 11.8 Å². The number of hydrogen-bond donors (Lipinski definition) is 2. The maximum absolute atomic E-state index is 13.3. The zero-order valence-corrected chi connectivity index (χ0v) is 31.8. The molecule has 14 nitrogen and oxygen atoms in total. The lowest BCUT2D eigenvalue weighted by Gasteiger charge is -2.55. The van der Waals surface area contributed by atoms with Gasteiger partial charge in [0.15, 0.2) is 5.75 Å². The Hall–Kier alpha value is -5.08. The second-order valence-corrected chi connectivity index (χ2v) is 16.3. The van der Waals surface area contributed by atoms with Crippen LogP contribution in [-0.2, 0) is 29.7 Å². The average molecular weight is 752 g/mol. The van der Waals surface area contributed by atoms with Gasteiger partial charge in [-0.3, -0.25) is 29.4 Å². The van der Waals surface area contributed by atoms with Crippen LogP contribution in [0.5, 0.6) is 17.2 Å². The van der Waals surface area contributed by atoms with E-state index in [0.29, 0.717) is 54.5 Å². The number of hydrogen-bond acceptors (Lipinski definition) is 11. The van der Waals surface area contributed by atoms with Gasteiger partial charge in [0, 0.05) is 94.3 Å². The van der Waals surface area contributed by atoms with Crippen molar-refractivity contribution in [2.75, 3.05) is 83.4 Å². The van der Waals surface area contributed by atoms with E-state index in [1.807, 2.05) is 30.5 Å². The van der Waals surface area contributed by atoms with E-state index in [2.05, 4.69) is 31.4 Å². The summed E-state index contributed by atoms with van der Waals surface area (Å²) in [6.45, 7) is 9.57. The van der Waals surface area contributed by atoms with E-state index >= 15 is 0 Å². The maximum atomic E-state index is 13.3. The van der Waals surface area contributed by atoms with Crippen molar-refractivity contribution in [1.82, 2.24) is 24.6 Å². The number of carbonyl (C=O) groups excluding carboxylic acids is 3. The predicted molar refractivity (Wildman–Crippen MR) is 206 cm³/mol. The topological polar surface area (TPSA) is 138 Å². The molecule has 55 heavy (non-hydrogen) atoms. The van der Waals surface area contributed by atoms with Crippen LogP contribution >= 0.6 is 0 Å². The van der Waals surface area contributed by atoms with E-state index in [1.54, 1.807) is 30.7 Å². The molecule has 290 valence electrons. The maximum Gasteiger partial charge on any atom is 0.277 e. The molecule has 2 aromatic carbocycles. The summed E-state index contributed by atoms with van der Waals surface area (Å²) in [5, 5.41) is 5.59. The number of imide groups is 1. The Morgan fingerprint density at radius 3 is 2.40 bits per heavy atom. The number of amides is 3. The summed E-state index contributed by atoms with van der Waals surface area (Å²) in [7, 11) is 5.12. The highest BCUT2D eigenvalue weighted by Crippen LogP contribution is 2.45. The van der Waals surface area contributed by atoms with E-state index < -0.39 is 6.04 Å². The van der Waals surface area contributed by atoms with Crippen LogP contribution < -0.4 is 35.3 Å². The number of nitrogens with zero attached hydrogens (tertiary/aromatic N) is 5. The van der Waals surface area contributed by atoms with Gasteiger partial charge in [-0.25, -0.2) is 0 Å². The van der Waals surface area contributed by atoms with Crippen LogP contribution in [0.25, 0.3) is 11.1 Å². The molecular weight excluding hydrogens is 702 g/mol. The number of aryl methyl sites for hydroxylation is 1. The normalized spacial score (nSPS) is 22.3. The second-order valence-electron chi connectivity index (χ2n) is 16.3. The van der Waals surface area contributed by atoms with Crippen molar-refractivity contribution >= 4 is 29.1 Å². The largest absolute Gasteiger partial charge is 0.496 e. The number of rotatable bonds is 9. The Balaban J connectivity index is 0.768. The van der Waals surface area contributed by atoms with Crippen LogP contribution in [-0.4, -0.2) is 116 Å². The Kier molecular flexibility index (Phi) is 9.00. The predicted octanol–water partition coefficient (Wildman–Crippen LogP) is 2.67. The molecule has 1 atom stereocenters. The summed E-state index contributed by atoms with van der Waals surface area (Å²) in [4.78, 5) is 59.3. The van der Waals surface area contributed by atoms with Gasteiger partial charge in [0.05, 0.1) is 19.8 Å². The van der Waals surface area contributed by atoms with Crippen molar-refractivity contribution in [2.45, 2.75) is 44.8 Å². The van der Waals surface area contributed by atoms with Crippen molar-refractivity contribution in [2.24, 2.45) is 18.4 Å². The number of piperidine rings is 2. The highest BCUT2D eigenvalue weighted by atomic mass is 16.5. The molecule has 2 N–H and O–H groups in total. The summed E-state index contributed by atoms with van der Waals surface area (Å²) in [5.74, 6) is 1.91. The monoisotopic (exact) mass is 751 g/mol. The molecule has 9 rings (SSSR count). The zero-order valence-electron chi connectivity index (χ0n) is 31.8. The average Bonchev–Trinajstić information content (AvgIpc) is 3.49. The number of likely N-dealkylation sites (tertiary alicyclic amines) is 2. The lowest BCUT2D eigenvalue weighted by Crippen LogP contribution is -2.61. The third-order valence-corrected chi connectivity index (χ3v) is 12.7.